The summed E-state index contributed by atoms with van der Waals surface area (Å²) < 4.78 is 10.5. The van der Waals surface area contributed by atoms with Gasteiger partial charge in [0.1, 0.15) is 11.3 Å². The minimum absolute atomic E-state index is 0.205. The number of halogens is 1. The van der Waals surface area contributed by atoms with Gasteiger partial charge >= 0.3 is 11.6 Å². The lowest BCUT2D eigenvalue weighted by molar-refractivity contribution is -0.134. The summed E-state index contributed by atoms with van der Waals surface area (Å²) in [5.74, 6) is -0.133. The number of hydrogen-bond donors (Lipinski definition) is 0. The molecule has 0 N–H and O–H groups in total. The molecule has 0 aliphatic rings. The van der Waals surface area contributed by atoms with Gasteiger partial charge < -0.3 is 9.15 Å². The number of hydrogen-bond acceptors (Lipinski definition) is 4. The molecule has 0 atom stereocenters. The van der Waals surface area contributed by atoms with Crippen molar-refractivity contribution in [2.75, 3.05) is 0 Å². The molecule has 0 unspecified atom stereocenters. The summed E-state index contributed by atoms with van der Waals surface area (Å²) in [6, 6.07) is 6.05. The molecule has 1 aromatic heterocycles. The van der Waals surface area contributed by atoms with Crippen LogP contribution >= 0.6 is 11.6 Å². The molecule has 1 aromatic carbocycles. The maximum atomic E-state index is 12.2. The second-order valence-corrected chi connectivity index (χ2v) is 8.81. The van der Waals surface area contributed by atoms with E-state index in [9.17, 15) is 9.59 Å². The smallest absolute Gasteiger partial charge is 0.339 e. The quantitative estimate of drug-likeness (QED) is 0.109. The van der Waals surface area contributed by atoms with Gasteiger partial charge in [0.2, 0.25) is 0 Å². The summed E-state index contributed by atoms with van der Waals surface area (Å²) in [4.78, 5) is 23.9. The number of rotatable bonds is 16. The van der Waals surface area contributed by atoms with Crippen molar-refractivity contribution in [3.05, 3.63) is 51.9 Å². The molecule has 1 heterocycles. The topological polar surface area (TPSA) is 56.5 Å². The molecule has 0 radical (unpaired) electrons. The Morgan fingerprint density at radius 3 is 2.22 bits per heavy atom. The number of carbonyl (C=O) groups is 1. The Morgan fingerprint density at radius 2 is 1.53 bits per heavy atom. The van der Waals surface area contributed by atoms with Gasteiger partial charge in [-0.1, -0.05) is 82.0 Å². The van der Waals surface area contributed by atoms with E-state index in [1.54, 1.807) is 18.2 Å². The molecule has 0 amide bonds. The minimum Gasteiger partial charge on any atom is -0.425 e. The summed E-state index contributed by atoms with van der Waals surface area (Å²) in [6.45, 7) is 2.25. The van der Waals surface area contributed by atoms with E-state index in [1.165, 1.54) is 63.9 Å². The summed E-state index contributed by atoms with van der Waals surface area (Å²) in [5, 5.41) is 1.01. The molecule has 176 valence electrons. The van der Waals surface area contributed by atoms with Crippen LogP contribution in [-0.2, 0) is 4.79 Å². The Morgan fingerprint density at radius 1 is 0.906 bits per heavy atom. The van der Waals surface area contributed by atoms with Gasteiger partial charge in [-0.2, -0.15) is 0 Å². The molecule has 2 aromatic rings. The van der Waals surface area contributed by atoms with Gasteiger partial charge in [0.25, 0.3) is 0 Å². The van der Waals surface area contributed by atoms with Crippen LogP contribution in [0, 0.1) is 0 Å². The fraction of sp³-hybridized carbons (Fsp3) is 0.556. The van der Waals surface area contributed by atoms with Gasteiger partial charge in [-0.15, -0.1) is 0 Å². The van der Waals surface area contributed by atoms with Crippen LogP contribution in [-0.4, -0.2) is 5.97 Å². The van der Waals surface area contributed by atoms with E-state index in [-0.39, 0.29) is 11.7 Å². The summed E-state index contributed by atoms with van der Waals surface area (Å²) in [5.41, 5.74) is -0.200. The molecule has 0 bridgehead atoms. The van der Waals surface area contributed by atoms with Crippen LogP contribution < -0.4 is 10.4 Å². The number of ether oxygens (including phenoxy) is 1. The SMILES string of the molecule is CCCCCCCC/C=C\CCCCCCCC(=O)Oc1cc(=O)oc2ccc(Cl)cc12. The maximum absolute atomic E-state index is 12.2. The lowest BCUT2D eigenvalue weighted by Crippen LogP contribution is -2.10. The number of esters is 1. The molecule has 0 saturated carbocycles. The van der Waals surface area contributed by atoms with E-state index >= 15 is 0 Å². The van der Waals surface area contributed by atoms with Crippen molar-refractivity contribution in [2.45, 2.75) is 96.8 Å². The third-order valence-corrected chi connectivity index (χ3v) is 5.77. The number of unbranched alkanes of at least 4 members (excludes halogenated alkanes) is 11. The zero-order chi connectivity index (χ0) is 23.0. The molecule has 5 heteroatoms. The third kappa shape index (κ3) is 10.5. The van der Waals surface area contributed by atoms with Crippen LogP contribution in [0.3, 0.4) is 0 Å². The van der Waals surface area contributed by atoms with Gasteiger partial charge in [0.05, 0.1) is 11.5 Å². The first kappa shape index (κ1) is 26.2. The van der Waals surface area contributed by atoms with E-state index in [1.807, 2.05) is 0 Å². The fourth-order valence-electron chi connectivity index (χ4n) is 3.70. The Bertz CT molecular complexity index is 900. The molecule has 0 fully saturated rings. The molecular weight excluding hydrogens is 424 g/mol. The Kier molecular flexibility index (Phi) is 12.8. The van der Waals surface area contributed by atoms with E-state index in [4.69, 9.17) is 20.8 Å². The first-order valence-electron chi connectivity index (χ1n) is 12.2. The number of carbonyl (C=O) groups excluding carboxylic acids is 1. The second-order valence-electron chi connectivity index (χ2n) is 8.38. The van der Waals surface area contributed by atoms with Crippen molar-refractivity contribution in [1.29, 1.82) is 0 Å². The second kappa shape index (κ2) is 15.7. The number of benzene rings is 1. The van der Waals surface area contributed by atoms with E-state index < -0.39 is 5.63 Å². The predicted octanol–water partition coefficient (Wildman–Crippen LogP) is 8.39. The standard InChI is InChI=1S/C27H37ClO4/c1-2-3-4-5-6-7-8-9-10-11-12-13-14-15-16-17-26(29)32-25-21-27(30)31-24-19-18-22(28)20-23(24)25/h9-10,18-21H,2-8,11-17H2,1H3/b10-9-. The zero-order valence-corrected chi connectivity index (χ0v) is 20.1. The van der Waals surface area contributed by atoms with Crippen LogP contribution in [0.15, 0.2) is 45.6 Å². The lowest BCUT2D eigenvalue weighted by Gasteiger charge is -2.07. The maximum Gasteiger partial charge on any atom is 0.339 e. The van der Waals surface area contributed by atoms with Crippen molar-refractivity contribution < 1.29 is 13.9 Å². The Labute approximate surface area is 197 Å². The molecule has 0 saturated heterocycles. The van der Waals surface area contributed by atoms with E-state index in [0.717, 1.165) is 25.7 Å². The minimum atomic E-state index is -0.552. The average molecular weight is 461 g/mol. The van der Waals surface area contributed by atoms with Gasteiger partial charge in [-0.05, 0) is 50.3 Å². The van der Waals surface area contributed by atoms with Gasteiger partial charge in [0, 0.05) is 11.4 Å². The monoisotopic (exact) mass is 460 g/mol. The van der Waals surface area contributed by atoms with Crippen molar-refractivity contribution in [2.24, 2.45) is 0 Å². The van der Waals surface area contributed by atoms with Crippen LogP contribution in [0.25, 0.3) is 11.0 Å². The highest BCUT2D eigenvalue weighted by molar-refractivity contribution is 6.31. The van der Waals surface area contributed by atoms with Crippen LogP contribution in [0.2, 0.25) is 5.02 Å². The van der Waals surface area contributed by atoms with Crippen molar-refractivity contribution in [3.63, 3.8) is 0 Å². The first-order chi connectivity index (χ1) is 15.6. The highest BCUT2D eigenvalue weighted by Crippen LogP contribution is 2.27. The molecule has 0 aliphatic heterocycles. The highest BCUT2D eigenvalue weighted by Gasteiger charge is 2.11. The van der Waals surface area contributed by atoms with Crippen LogP contribution in [0.4, 0.5) is 0 Å². The van der Waals surface area contributed by atoms with Crippen LogP contribution in [0.5, 0.6) is 5.75 Å². The lowest BCUT2D eigenvalue weighted by atomic mass is 10.1. The highest BCUT2D eigenvalue weighted by atomic mass is 35.5. The Hall–Kier alpha value is -2.07. The molecule has 32 heavy (non-hydrogen) atoms. The fourth-order valence-corrected chi connectivity index (χ4v) is 3.88. The van der Waals surface area contributed by atoms with Crippen molar-refractivity contribution in [1.82, 2.24) is 0 Å². The molecule has 0 spiro atoms. The van der Waals surface area contributed by atoms with Gasteiger partial charge in [-0.25, -0.2) is 4.79 Å². The van der Waals surface area contributed by atoms with Gasteiger partial charge in [0.15, 0.2) is 0 Å². The van der Waals surface area contributed by atoms with Crippen molar-refractivity contribution in [3.8, 4) is 5.75 Å². The normalized spacial score (nSPS) is 11.4. The van der Waals surface area contributed by atoms with Crippen molar-refractivity contribution >= 4 is 28.5 Å². The third-order valence-electron chi connectivity index (χ3n) is 5.53. The summed E-state index contributed by atoms with van der Waals surface area (Å²) >= 11 is 6.01. The van der Waals surface area contributed by atoms with Crippen LogP contribution in [0.1, 0.15) is 96.8 Å². The molecule has 2 rings (SSSR count). The summed E-state index contributed by atoms with van der Waals surface area (Å²) in [6.07, 6.45) is 20.7. The van der Waals surface area contributed by atoms with Gasteiger partial charge in [-0.3, -0.25) is 4.79 Å². The average Bonchev–Trinajstić information content (AvgIpc) is 2.77. The number of allylic oxidation sites excluding steroid dienone is 2. The molecule has 4 nitrogen and oxygen atoms in total. The summed E-state index contributed by atoms with van der Waals surface area (Å²) in [7, 11) is 0. The Balaban J connectivity index is 1.54. The van der Waals surface area contributed by atoms with E-state index in [0.29, 0.717) is 22.4 Å². The van der Waals surface area contributed by atoms with E-state index in [2.05, 4.69) is 19.1 Å². The predicted molar refractivity (Wildman–Crippen MR) is 133 cm³/mol. The molecule has 0 aliphatic carbocycles. The first-order valence-corrected chi connectivity index (χ1v) is 12.6. The largest absolute Gasteiger partial charge is 0.425 e. The number of fused-ring (bicyclic) bond motifs is 1. The zero-order valence-electron chi connectivity index (χ0n) is 19.4. The molecular formula is C27H37ClO4.